The van der Waals surface area contributed by atoms with Crippen molar-refractivity contribution in [3.63, 3.8) is 0 Å². The molecule has 1 aliphatic heterocycles. The van der Waals surface area contributed by atoms with Crippen molar-refractivity contribution >= 4 is 23.3 Å². The van der Waals surface area contributed by atoms with Gasteiger partial charge in [0, 0.05) is 54.2 Å². The van der Waals surface area contributed by atoms with Gasteiger partial charge in [0.1, 0.15) is 11.3 Å². The van der Waals surface area contributed by atoms with E-state index < -0.39 is 0 Å². The van der Waals surface area contributed by atoms with Gasteiger partial charge in [0.25, 0.3) is 11.5 Å². The van der Waals surface area contributed by atoms with Crippen molar-refractivity contribution in [3.05, 3.63) is 74.5 Å². The Morgan fingerprint density at radius 2 is 1.97 bits per heavy atom. The van der Waals surface area contributed by atoms with Crippen LogP contribution in [0.3, 0.4) is 0 Å². The van der Waals surface area contributed by atoms with Crippen LogP contribution >= 0.6 is 0 Å². The van der Waals surface area contributed by atoms with E-state index in [1.165, 1.54) is 5.57 Å². The second-order valence-electron chi connectivity index (χ2n) is 11.2. The van der Waals surface area contributed by atoms with E-state index in [1.807, 2.05) is 26.8 Å². The molecule has 3 aliphatic rings. The summed E-state index contributed by atoms with van der Waals surface area (Å²) in [7, 11) is 0. The quantitative estimate of drug-likeness (QED) is 0.703. The fourth-order valence-corrected chi connectivity index (χ4v) is 5.06. The Kier molecular flexibility index (Phi) is 5.86. The molecule has 1 fully saturated rings. The zero-order valence-corrected chi connectivity index (χ0v) is 21.0. The largest absolute Gasteiger partial charge is 0.334 e. The number of aromatic amines is 1. The van der Waals surface area contributed by atoms with E-state index in [2.05, 4.69) is 36.2 Å². The van der Waals surface area contributed by atoms with Gasteiger partial charge >= 0.3 is 0 Å². The highest BCUT2D eigenvalue weighted by molar-refractivity contribution is 5.94. The maximum atomic E-state index is 13.2. The lowest BCUT2D eigenvalue weighted by molar-refractivity contribution is -0.119. The summed E-state index contributed by atoms with van der Waals surface area (Å²) in [5, 5.41) is 0. The molecule has 1 saturated carbocycles. The SMILES string of the molecule is CC1CN(C(=O)c2ccc(C(C)(C)C)[nH]c2=O)CC=C1c1cc(CC(=O)C2CC2)nc2c1C=CC2. The van der Waals surface area contributed by atoms with E-state index in [9.17, 15) is 14.4 Å². The molecule has 6 heteroatoms. The van der Waals surface area contributed by atoms with Gasteiger partial charge in [-0.3, -0.25) is 19.4 Å². The topological polar surface area (TPSA) is 83.1 Å². The third-order valence-electron chi connectivity index (χ3n) is 7.28. The molecule has 0 spiro atoms. The summed E-state index contributed by atoms with van der Waals surface area (Å²) in [6.45, 7) is 9.15. The van der Waals surface area contributed by atoms with Gasteiger partial charge in [-0.05, 0) is 48.1 Å². The fraction of sp³-hybridized carbons (Fsp3) is 0.448. The average molecular weight is 472 g/mol. The molecule has 1 amide bonds. The summed E-state index contributed by atoms with van der Waals surface area (Å²) in [4.78, 5) is 47.8. The Labute approximate surface area is 206 Å². The molecular formula is C29H33N3O3. The van der Waals surface area contributed by atoms with Crippen molar-refractivity contribution in [2.75, 3.05) is 13.1 Å². The number of hydrogen-bond acceptors (Lipinski definition) is 4. The molecule has 6 nitrogen and oxygen atoms in total. The summed E-state index contributed by atoms with van der Waals surface area (Å²) < 4.78 is 0. The van der Waals surface area contributed by atoms with Crippen LogP contribution in [0.4, 0.5) is 0 Å². The fourth-order valence-electron chi connectivity index (χ4n) is 5.06. The van der Waals surface area contributed by atoms with E-state index in [4.69, 9.17) is 4.98 Å². The van der Waals surface area contributed by atoms with E-state index in [0.29, 0.717) is 25.3 Å². The number of allylic oxidation sites excluding steroid dienone is 1. The van der Waals surface area contributed by atoms with E-state index in [0.717, 1.165) is 47.5 Å². The normalized spacial score (nSPS) is 19.5. The van der Waals surface area contributed by atoms with Crippen LogP contribution in [0.2, 0.25) is 0 Å². The Morgan fingerprint density at radius 3 is 2.63 bits per heavy atom. The summed E-state index contributed by atoms with van der Waals surface area (Å²) in [6, 6.07) is 5.56. The number of amides is 1. The van der Waals surface area contributed by atoms with Crippen LogP contribution in [0.5, 0.6) is 0 Å². The second-order valence-corrected chi connectivity index (χ2v) is 11.2. The highest BCUT2D eigenvalue weighted by Crippen LogP contribution is 2.36. The molecule has 2 aromatic rings. The Bertz CT molecular complexity index is 1320. The van der Waals surface area contributed by atoms with Crippen LogP contribution in [0, 0.1) is 11.8 Å². The summed E-state index contributed by atoms with van der Waals surface area (Å²) in [5.74, 6) is 0.358. The molecule has 0 bridgehead atoms. The van der Waals surface area contributed by atoms with E-state index in [1.54, 1.807) is 11.0 Å². The molecule has 0 saturated heterocycles. The molecule has 2 aromatic heterocycles. The van der Waals surface area contributed by atoms with Crippen molar-refractivity contribution in [1.82, 2.24) is 14.9 Å². The highest BCUT2D eigenvalue weighted by atomic mass is 16.2. The molecule has 0 aromatic carbocycles. The first kappa shape index (κ1) is 23.5. The first-order valence-electron chi connectivity index (χ1n) is 12.6. The predicted molar refractivity (Wildman–Crippen MR) is 137 cm³/mol. The van der Waals surface area contributed by atoms with Crippen molar-refractivity contribution in [2.45, 2.75) is 58.8 Å². The van der Waals surface area contributed by atoms with Gasteiger partial charge in [-0.15, -0.1) is 0 Å². The van der Waals surface area contributed by atoms with Crippen LogP contribution in [0.25, 0.3) is 11.6 Å². The number of hydrogen-bond donors (Lipinski definition) is 1. The lowest BCUT2D eigenvalue weighted by atomic mass is 9.87. The number of nitrogens with zero attached hydrogens (tertiary/aromatic N) is 2. The Balaban J connectivity index is 1.40. The molecule has 1 N–H and O–H groups in total. The number of fused-ring (bicyclic) bond motifs is 1. The van der Waals surface area contributed by atoms with Crippen LogP contribution in [0.15, 0.2) is 35.1 Å². The van der Waals surface area contributed by atoms with Gasteiger partial charge in [0.05, 0.1) is 5.69 Å². The third-order valence-corrected chi connectivity index (χ3v) is 7.28. The summed E-state index contributed by atoms with van der Waals surface area (Å²) >= 11 is 0. The highest BCUT2D eigenvalue weighted by Gasteiger charge is 2.31. The summed E-state index contributed by atoms with van der Waals surface area (Å²) in [6.07, 6.45) is 9.52. The number of carbonyl (C=O) groups excluding carboxylic acids is 2. The van der Waals surface area contributed by atoms with Crippen LogP contribution in [0.1, 0.15) is 79.1 Å². The number of rotatable bonds is 5. The maximum Gasteiger partial charge on any atom is 0.261 e. The lowest BCUT2D eigenvalue weighted by Crippen LogP contribution is -2.40. The van der Waals surface area contributed by atoms with Crippen LogP contribution in [-0.2, 0) is 23.1 Å². The van der Waals surface area contributed by atoms with Gasteiger partial charge in [-0.25, -0.2) is 0 Å². The van der Waals surface area contributed by atoms with Crippen LogP contribution in [-0.4, -0.2) is 39.6 Å². The zero-order valence-electron chi connectivity index (χ0n) is 21.0. The monoisotopic (exact) mass is 471 g/mol. The predicted octanol–water partition coefficient (Wildman–Crippen LogP) is 4.33. The number of aromatic nitrogens is 2. The molecular weight excluding hydrogens is 438 g/mol. The average Bonchev–Trinajstić information content (AvgIpc) is 3.55. The third kappa shape index (κ3) is 4.66. The van der Waals surface area contributed by atoms with Gasteiger partial charge in [-0.1, -0.05) is 45.9 Å². The first-order chi connectivity index (χ1) is 16.6. The number of Topliss-reactive ketones (excluding diaryl/α,β-unsaturated/α-hetero) is 1. The summed E-state index contributed by atoms with van der Waals surface area (Å²) in [5.41, 5.74) is 5.74. The molecule has 0 radical (unpaired) electrons. The number of pyridine rings is 2. The molecule has 2 aliphatic carbocycles. The Morgan fingerprint density at radius 1 is 1.20 bits per heavy atom. The van der Waals surface area contributed by atoms with Gasteiger partial charge in [0.15, 0.2) is 0 Å². The van der Waals surface area contributed by atoms with Gasteiger partial charge in [0.2, 0.25) is 0 Å². The second kappa shape index (κ2) is 8.74. The Hall–Kier alpha value is -3.28. The lowest BCUT2D eigenvalue weighted by Gasteiger charge is -2.32. The molecule has 5 rings (SSSR count). The molecule has 35 heavy (non-hydrogen) atoms. The van der Waals surface area contributed by atoms with E-state index in [-0.39, 0.29) is 34.3 Å². The number of H-pyrrole nitrogens is 1. The van der Waals surface area contributed by atoms with Crippen LogP contribution < -0.4 is 5.56 Å². The van der Waals surface area contributed by atoms with Crippen molar-refractivity contribution in [1.29, 1.82) is 0 Å². The van der Waals surface area contributed by atoms with E-state index >= 15 is 0 Å². The first-order valence-corrected chi connectivity index (χ1v) is 12.6. The standard InChI is InChI=1S/C29H33N3O3/c1-17-16-32(28(35)22-10-11-26(29(2,3)4)31-27(22)34)13-12-20(17)23-14-19(15-25(33)18-8-9-18)30-24-7-5-6-21(23)24/h5-6,10-12,14,17-18H,7-9,13,15-16H2,1-4H3,(H,31,34). The van der Waals surface area contributed by atoms with Gasteiger partial charge in [-0.2, -0.15) is 0 Å². The minimum Gasteiger partial charge on any atom is -0.334 e. The number of nitrogens with one attached hydrogen (secondary N) is 1. The molecule has 1 unspecified atom stereocenters. The molecule has 1 atom stereocenters. The van der Waals surface area contributed by atoms with Crippen molar-refractivity contribution in [2.24, 2.45) is 11.8 Å². The molecule has 182 valence electrons. The zero-order chi connectivity index (χ0) is 24.9. The maximum absolute atomic E-state index is 13.2. The minimum absolute atomic E-state index is 0.0908. The smallest absolute Gasteiger partial charge is 0.261 e. The number of carbonyl (C=O) groups is 2. The van der Waals surface area contributed by atoms with Gasteiger partial charge < -0.3 is 9.88 Å². The van der Waals surface area contributed by atoms with Crippen molar-refractivity contribution < 1.29 is 9.59 Å². The number of ketones is 1. The van der Waals surface area contributed by atoms with Crippen molar-refractivity contribution in [3.8, 4) is 0 Å². The minimum atomic E-state index is -0.341. The molecule has 3 heterocycles.